The van der Waals surface area contributed by atoms with Crippen LogP contribution in [0.4, 0.5) is 0 Å². The fraction of sp³-hybridized carbons (Fsp3) is 0.857. The number of thioether (sulfide) groups is 1. The summed E-state index contributed by atoms with van der Waals surface area (Å²) in [7, 11) is 0. The highest BCUT2D eigenvalue weighted by Crippen LogP contribution is 2.29. The molecule has 2 fully saturated rings. The Bertz CT molecular complexity index is 359. The van der Waals surface area contributed by atoms with Crippen molar-refractivity contribution in [2.45, 2.75) is 50.7 Å². The Morgan fingerprint density at radius 3 is 3.11 bits per heavy atom. The predicted molar refractivity (Wildman–Crippen MR) is 75.8 cm³/mol. The van der Waals surface area contributed by atoms with Crippen molar-refractivity contribution >= 4 is 17.7 Å². The third kappa shape index (κ3) is 3.64. The van der Waals surface area contributed by atoms with Crippen molar-refractivity contribution in [1.82, 2.24) is 5.32 Å². The highest BCUT2D eigenvalue weighted by atomic mass is 32.2. The Morgan fingerprint density at radius 2 is 2.47 bits per heavy atom. The van der Waals surface area contributed by atoms with E-state index < -0.39 is 5.54 Å². The Hall–Kier alpha value is -0.730. The largest absolute Gasteiger partial charge is 0.378 e. The summed E-state index contributed by atoms with van der Waals surface area (Å²) in [6, 6.07) is 2.30. The number of hydrogen-bond donors (Lipinski definition) is 1. The molecule has 3 atom stereocenters. The lowest BCUT2D eigenvalue weighted by Crippen LogP contribution is -2.50. The maximum absolute atomic E-state index is 12.3. The molecular formula is C14H22N2O2S. The molecule has 19 heavy (non-hydrogen) atoms. The zero-order chi connectivity index (χ0) is 13.7. The number of hydrogen-bond acceptors (Lipinski definition) is 4. The lowest BCUT2D eigenvalue weighted by molar-refractivity contribution is -0.131. The van der Waals surface area contributed by atoms with Crippen LogP contribution in [-0.4, -0.2) is 35.7 Å². The van der Waals surface area contributed by atoms with Crippen LogP contribution in [0.2, 0.25) is 0 Å². The Balaban J connectivity index is 1.90. The third-order valence-corrected chi connectivity index (χ3v) is 5.14. The summed E-state index contributed by atoms with van der Waals surface area (Å²) in [5, 5.41) is 12.3. The van der Waals surface area contributed by atoms with E-state index in [0.29, 0.717) is 6.61 Å². The molecule has 4 nitrogen and oxygen atoms in total. The van der Waals surface area contributed by atoms with Gasteiger partial charge in [0.15, 0.2) is 0 Å². The molecule has 106 valence electrons. The van der Waals surface area contributed by atoms with Crippen LogP contribution in [-0.2, 0) is 9.53 Å². The van der Waals surface area contributed by atoms with Crippen molar-refractivity contribution in [3.63, 3.8) is 0 Å². The van der Waals surface area contributed by atoms with Gasteiger partial charge in [-0.2, -0.15) is 17.0 Å². The van der Waals surface area contributed by atoms with Crippen molar-refractivity contribution in [1.29, 1.82) is 5.26 Å². The highest BCUT2D eigenvalue weighted by molar-refractivity contribution is 7.99. The molecule has 2 saturated heterocycles. The van der Waals surface area contributed by atoms with Gasteiger partial charge in [-0.3, -0.25) is 4.79 Å². The normalized spacial score (nSPS) is 34.7. The molecular weight excluding hydrogens is 260 g/mol. The van der Waals surface area contributed by atoms with Gasteiger partial charge < -0.3 is 10.1 Å². The van der Waals surface area contributed by atoms with Crippen molar-refractivity contribution in [3.8, 4) is 6.07 Å². The third-order valence-electron chi connectivity index (χ3n) is 3.95. The van der Waals surface area contributed by atoms with E-state index in [1.54, 1.807) is 11.8 Å². The van der Waals surface area contributed by atoms with Gasteiger partial charge in [0.25, 0.3) is 0 Å². The lowest BCUT2D eigenvalue weighted by Gasteiger charge is -2.31. The van der Waals surface area contributed by atoms with Crippen molar-refractivity contribution in [2.75, 3.05) is 18.1 Å². The van der Waals surface area contributed by atoms with Crippen molar-refractivity contribution in [3.05, 3.63) is 0 Å². The van der Waals surface area contributed by atoms with E-state index in [1.165, 1.54) is 0 Å². The minimum atomic E-state index is -0.625. The second kappa shape index (κ2) is 6.62. The molecule has 0 aromatic carbocycles. The summed E-state index contributed by atoms with van der Waals surface area (Å²) in [6.45, 7) is 2.80. The molecule has 0 saturated carbocycles. The van der Waals surface area contributed by atoms with Crippen LogP contribution in [0, 0.1) is 17.2 Å². The predicted octanol–water partition coefficient (Wildman–Crippen LogP) is 2.10. The number of nitrogens with one attached hydrogen (secondary N) is 1. The van der Waals surface area contributed by atoms with Gasteiger partial charge in [0.05, 0.1) is 12.2 Å². The first-order chi connectivity index (χ1) is 9.19. The van der Waals surface area contributed by atoms with E-state index in [4.69, 9.17) is 4.74 Å². The van der Waals surface area contributed by atoms with Gasteiger partial charge in [-0.05, 0) is 31.4 Å². The Labute approximate surface area is 119 Å². The molecule has 2 aliphatic heterocycles. The molecule has 0 aliphatic carbocycles. The topological polar surface area (TPSA) is 62.1 Å². The summed E-state index contributed by atoms with van der Waals surface area (Å²) < 4.78 is 5.67. The smallest absolute Gasteiger partial charge is 0.224 e. The van der Waals surface area contributed by atoms with Gasteiger partial charge in [0.2, 0.25) is 5.91 Å². The first kappa shape index (κ1) is 14.7. The van der Waals surface area contributed by atoms with Gasteiger partial charge >= 0.3 is 0 Å². The van der Waals surface area contributed by atoms with Crippen molar-refractivity contribution in [2.24, 2.45) is 5.92 Å². The molecule has 1 N–H and O–H groups in total. The van der Waals surface area contributed by atoms with Gasteiger partial charge in [-0.1, -0.05) is 13.3 Å². The molecule has 0 radical (unpaired) electrons. The second-order valence-corrected chi connectivity index (χ2v) is 6.59. The fourth-order valence-electron chi connectivity index (χ4n) is 2.76. The maximum Gasteiger partial charge on any atom is 0.224 e. The van der Waals surface area contributed by atoms with Crippen molar-refractivity contribution < 1.29 is 9.53 Å². The van der Waals surface area contributed by atoms with E-state index >= 15 is 0 Å². The summed E-state index contributed by atoms with van der Waals surface area (Å²) >= 11 is 1.74. The van der Waals surface area contributed by atoms with E-state index in [-0.39, 0.29) is 17.9 Å². The van der Waals surface area contributed by atoms with Gasteiger partial charge in [0, 0.05) is 18.3 Å². The van der Waals surface area contributed by atoms with Crippen LogP contribution in [0.1, 0.15) is 39.0 Å². The minimum Gasteiger partial charge on any atom is -0.378 e. The molecule has 0 aromatic heterocycles. The molecule has 2 rings (SSSR count). The number of rotatable bonds is 4. The van der Waals surface area contributed by atoms with E-state index in [2.05, 4.69) is 18.3 Å². The van der Waals surface area contributed by atoms with Crippen LogP contribution in [0.5, 0.6) is 0 Å². The summed E-state index contributed by atoms with van der Waals surface area (Å²) in [5.41, 5.74) is -0.625. The zero-order valence-corrected chi connectivity index (χ0v) is 12.3. The molecule has 0 spiro atoms. The Morgan fingerprint density at radius 1 is 1.63 bits per heavy atom. The van der Waals surface area contributed by atoms with Crippen LogP contribution in [0.15, 0.2) is 0 Å². The number of amides is 1. The summed E-state index contributed by atoms with van der Waals surface area (Å²) in [4.78, 5) is 12.3. The first-order valence-electron chi connectivity index (χ1n) is 7.12. The minimum absolute atomic E-state index is 0.0149. The molecule has 0 bridgehead atoms. The summed E-state index contributed by atoms with van der Waals surface area (Å²) in [5.74, 6) is 1.74. The van der Waals surface area contributed by atoms with E-state index in [0.717, 1.165) is 43.6 Å². The fourth-order valence-corrected chi connectivity index (χ4v) is 4.03. The summed E-state index contributed by atoms with van der Waals surface area (Å²) in [6.07, 6.45) is 4.66. The first-order valence-corrected chi connectivity index (χ1v) is 8.27. The number of nitriles is 1. The SMILES string of the molecule is CCC[C@@H]1C[C@H](C(=O)N[C@]2(C#N)CCSC2)CCO1. The van der Waals surface area contributed by atoms with Gasteiger partial charge in [-0.25, -0.2) is 0 Å². The van der Waals surface area contributed by atoms with E-state index in [9.17, 15) is 10.1 Å². The monoisotopic (exact) mass is 282 g/mol. The number of nitrogens with zero attached hydrogens (tertiary/aromatic N) is 1. The lowest BCUT2D eigenvalue weighted by atomic mass is 9.91. The average Bonchev–Trinajstić information content (AvgIpc) is 2.88. The Kier molecular flexibility index (Phi) is 5.12. The van der Waals surface area contributed by atoms with Gasteiger partial charge in [-0.15, -0.1) is 0 Å². The quantitative estimate of drug-likeness (QED) is 0.857. The standard InChI is InChI=1S/C14H22N2O2S/c1-2-3-12-8-11(4-6-18-12)13(17)16-14(9-15)5-7-19-10-14/h11-12H,2-8,10H2,1H3,(H,16,17)/t11-,12-,14+/m1/s1. The van der Waals surface area contributed by atoms with Crippen LogP contribution in [0.3, 0.4) is 0 Å². The second-order valence-electron chi connectivity index (χ2n) is 5.49. The average molecular weight is 282 g/mol. The molecule has 0 aromatic rings. The zero-order valence-electron chi connectivity index (χ0n) is 11.5. The van der Waals surface area contributed by atoms with E-state index in [1.807, 2.05) is 0 Å². The molecule has 2 aliphatic rings. The number of carbonyl (C=O) groups is 1. The molecule has 1 amide bonds. The van der Waals surface area contributed by atoms with Crippen LogP contribution >= 0.6 is 11.8 Å². The molecule has 0 unspecified atom stereocenters. The van der Waals surface area contributed by atoms with Crippen LogP contribution in [0.25, 0.3) is 0 Å². The van der Waals surface area contributed by atoms with Crippen LogP contribution < -0.4 is 5.32 Å². The molecule has 2 heterocycles. The number of carbonyl (C=O) groups excluding carboxylic acids is 1. The highest BCUT2D eigenvalue weighted by Gasteiger charge is 2.38. The number of ether oxygens (including phenoxy) is 1. The van der Waals surface area contributed by atoms with Gasteiger partial charge in [0.1, 0.15) is 5.54 Å². The molecule has 5 heteroatoms. The maximum atomic E-state index is 12.3.